The molecule has 0 unspecified atom stereocenters. The Morgan fingerprint density at radius 3 is 2.05 bits per heavy atom. The van der Waals surface area contributed by atoms with Crippen LogP contribution in [0.1, 0.15) is 11.1 Å². The van der Waals surface area contributed by atoms with Crippen molar-refractivity contribution in [2.75, 3.05) is 7.11 Å². The molecule has 0 aromatic heterocycles. The first-order valence-corrected chi connectivity index (χ1v) is 6.29. The van der Waals surface area contributed by atoms with Crippen LogP contribution in [-0.2, 0) is 4.84 Å². The molecule has 1 N–H and O–H groups in total. The first kappa shape index (κ1) is 16.3. The quantitative estimate of drug-likeness (QED) is 0.525. The monoisotopic (exact) mass is 285 g/mol. The Bertz CT molecular complexity index is 553. The number of rotatable bonds is 4. The van der Waals surface area contributed by atoms with Gasteiger partial charge in [-0.3, -0.25) is 0 Å². The number of methoxy groups -OCH3 is 1. The smallest absolute Gasteiger partial charge is 0.157 e. The van der Waals surface area contributed by atoms with Crippen LogP contribution in [0.3, 0.4) is 0 Å². The van der Waals surface area contributed by atoms with Gasteiger partial charge in [0.15, 0.2) is 5.76 Å². The second kappa shape index (κ2) is 8.43. The molecular formula is C17H19NO3. The zero-order valence-electron chi connectivity index (χ0n) is 12.2. The maximum Gasteiger partial charge on any atom is 0.157 e. The Balaban J connectivity index is 0.000000235. The summed E-state index contributed by atoms with van der Waals surface area (Å²) in [6, 6.07) is 14.4. The number of aromatic hydroxyl groups is 1. The average molecular weight is 285 g/mol. The Labute approximate surface area is 125 Å². The second-order valence-electron chi connectivity index (χ2n) is 4.21. The number of ether oxygens (including phenoxy) is 1. The van der Waals surface area contributed by atoms with Crippen molar-refractivity contribution in [1.29, 1.82) is 0 Å². The molecule has 2 aromatic rings. The highest BCUT2D eigenvalue weighted by molar-refractivity contribution is 5.58. The molecule has 2 rings (SSSR count). The van der Waals surface area contributed by atoms with Gasteiger partial charge in [0.2, 0.25) is 0 Å². The van der Waals surface area contributed by atoms with Crippen molar-refractivity contribution in [2.45, 2.75) is 6.92 Å². The van der Waals surface area contributed by atoms with Crippen molar-refractivity contribution < 1.29 is 14.7 Å². The van der Waals surface area contributed by atoms with E-state index in [4.69, 9.17) is 14.7 Å². The third-order valence-corrected chi connectivity index (χ3v) is 2.62. The molecule has 0 atom stereocenters. The van der Waals surface area contributed by atoms with Crippen molar-refractivity contribution in [3.63, 3.8) is 0 Å². The first-order chi connectivity index (χ1) is 10.1. The Kier molecular flexibility index (Phi) is 6.54. The van der Waals surface area contributed by atoms with Gasteiger partial charge in [-0.1, -0.05) is 29.4 Å². The van der Waals surface area contributed by atoms with Crippen molar-refractivity contribution in [3.8, 4) is 11.5 Å². The maximum absolute atomic E-state index is 8.76. The van der Waals surface area contributed by atoms with Crippen LogP contribution in [-0.4, -0.2) is 18.9 Å². The van der Waals surface area contributed by atoms with Crippen LogP contribution < -0.4 is 4.74 Å². The van der Waals surface area contributed by atoms with Crippen LogP contribution in [0.2, 0.25) is 0 Å². The van der Waals surface area contributed by atoms with E-state index in [1.54, 1.807) is 19.2 Å². The number of phenolic OH excluding ortho intramolecular Hbond substituents is 1. The number of nitrogens with zero attached hydrogens (tertiary/aromatic N) is 1. The van der Waals surface area contributed by atoms with E-state index in [0.29, 0.717) is 11.5 Å². The summed E-state index contributed by atoms with van der Waals surface area (Å²) in [5.41, 5.74) is 2.02. The maximum atomic E-state index is 8.76. The molecule has 110 valence electrons. The van der Waals surface area contributed by atoms with Crippen LogP contribution in [0.5, 0.6) is 11.5 Å². The number of oxime groups is 1. The Morgan fingerprint density at radius 1 is 1.05 bits per heavy atom. The summed E-state index contributed by atoms with van der Waals surface area (Å²) in [5.74, 6) is 1.59. The van der Waals surface area contributed by atoms with Gasteiger partial charge >= 0.3 is 0 Å². The highest BCUT2D eigenvalue weighted by Crippen LogP contribution is 2.17. The molecule has 0 heterocycles. The summed E-state index contributed by atoms with van der Waals surface area (Å²) in [7, 11) is 1.62. The lowest BCUT2D eigenvalue weighted by Gasteiger charge is -2.03. The molecule has 21 heavy (non-hydrogen) atoms. The fraction of sp³-hybridized carbons (Fsp3) is 0.118. The predicted octanol–water partition coefficient (Wildman–Crippen LogP) is 4.00. The van der Waals surface area contributed by atoms with Gasteiger partial charge in [0.05, 0.1) is 7.11 Å². The van der Waals surface area contributed by atoms with Gasteiger partial charge in [-0.05, 0) is 43.3 Å². The molecule has 0 amide bonds. The van der Waals surface area contributed by atoms with Crippen LogP contribution in [0, 0.1) is 6.92 Å². The minimum absolute atomic E-state index is 0.329. The highest BCUT2D eigenvalue weighted by atomic mass is 16.6. The van der Waals surface area contributed by atoms with Crippen molar-refractivity contribution >= 4 is 12.5 Å². The number of hydrogen-bond acceptors (Lipinski definition) is 4. The topological polar surface area (TPSA) is 51.0 Å². The number of aryl methyl sites for hydroxylation is 1. The third kappa shape index (κ3) is 5.82. The third-order valence-electron chi connectivity index (χ3n) is 2.62. The molecule has 0 aliphatic carbocycles. The van der Waals surface area contributed by atoms with Gasteiger partial charge in [0.1, 0.15) is 11.5 Å². The first-order valence-electron chi connectivity index (χ1n) is 6.29. The fourth-order valence-electron chi connectivity index (χ4n) is 1.45. The van der Waals surface area contributed by atoms with E-state index in [1.165, 1.54) is 5.56 Å². The Hall–Kier alpha value is -2.75. The van der Waals surface area contributed by atoms with Gasteiger partial charge < -0.3 is 14.7 Å². The summed E-state index contributed by atoms with van der Waals surface area (Å²) in [5, 5.41) is 12.0. The summed E-state index contributed by atoms with van der Waals surface area (Å²) >= 11 is 0. The zero-order valence-corrected chi connectivity index (χ0v) is 12.2. The summed E-state index contributed by atoms with van der Waals surface area (Å²) in [4.78, 5) is 4.78. The van der Waals surface area contributed by atoms with E-state index < -0.39 is 0 Å². The molecule has 0 saturated heterocycles. The Morgan fingerprint density at radius 2 is 1.62 bits per heavy atom. The molecule has 0 bridgehead atoms. The van der Waals surface area contributed by atoms with E-state index in [0.717, 1.165) is 11.3 Å². The molecular weight excluding hydrogens is 266 g/mol. The van der Waals surface area contributed by atoms with Crippen LogP contribution in [0.15, 0.2) is 60.3 Å². The molecule has 0 radical (unpaired) electrons. The van der Waals surface area contributed by atoms with E-state index in [1.807, 2.05) is 43.3 Å². The molecule has 2 aromatic carbocycles. The molecule has 4 heteroatoms. The van der Waals surface area contributed by atoms with Crippen molar-refractivity contribution in [2.24, 2.45) is 5.16 Å². The molecule has 0 aliphatic rings. The van der Waals surface area contributed by atoms with Gasteiger partial charge in [-0.15, -0.1) is 0 Å². The standard InChI is InChI=1S/C10H11NO2.C7H8O/c1-8(13-11-2)9-4-6-10(12-3)7-5-9;1-6-2-4-7(8)5-3-6/h4-7H,1-2H2,3H3;2-5,8H,1H3. The molecule has 0 fully saturated rings. The van der Waals surface area contributed by atoms with Gasteiger partial charge in [-0.25, -0.2) is 0 Å². The number of benzene rings is 2. The lowest BCUT2D eigenvalue weighted by molar-refractivity contribution is 0.303. The molecule has 0 aliphatic heterocycles. The van der Waals surface area contributed by atoms with E-state index in [2.05, 4.69) is 18.5 Å². The lowest BCUT2D eigenvalue weighted by atomic mass is 10.2. The lowest BCUT2D eigenvalue weighted by Crippen LogP contribution is -1.86. The van der Waals surface area contributed by atoms with E-state index in [-0.39, 0.29) is 0 Å². The van der Waals surface area contributed by atoms with Crippen LogP contribution in [0.25, 0.3) is 5.76 Å². The minimum atomic E-state index is 0.329. The summed E-state index contributed by atoms with van der Waals surface area (Å²) in [6.45, 7) is 8.86. The summed E-state index contributed by atoms with van der Waals surface area (Å²) in [6.07, 6.45) is 0. The fourth-order valence-corrected chi connectivity index (χ4v) is 1.45. The minimum Gasteiger partial charge on any atom is -0.508 e. The summed E-state index contributed by atoms with van der Waals surface area (Å²) < 4.78 is 5.00. The SMILES string of the molecule is C=NOC(=C)c1ccc(OC)cc1.Cc1ccc(O)cc1. The molecule has 0 saturated carbocycles. The largest absolute Gasteiger partial charge is 0.508 e. The van der Waals surface area contributed by atoms with Crippen molar-refractivity contribution in [1.82, 2.24) is 0 Å². The second-order valence-corrected chi connectivity index (χ2v) is 4.21. The van der Waals surface area contributed by atoms with Gasteiger partial charge in [0.25, 0.3) is 0 Å². The normalized spacial score (nSPS) is 9.05. The van der Waals surface area contributed by atoms with Crippen LogP contribution >= 0.6 is 0 Å². The average Bonchev–Trinajstić information content (AvgIpc) is 2.51. The molecule has 4 nitrogen and oxygen atoms in total. The van der Waals surface area contributed by atoms with Crippen LogP contribution in [0.4, 0.5) is 0 Å². The molecule has 0 spiro atoms. The number of hydrogen-bond donors (Lipinski definition) is 1. The number of phenols is 1. The van der Waals surface area contributed by atoms with E-state index >= 15 is 0 Å². The van der Waals surface area contributed by atoms with Gasteiger partial charge in [-0.2, -0.15) is 0 Å². The van der Waals surface area contributed by atoms with Crippen molar-refractivity contribution in [3.05, 3.63) is 66.2 Å². The van der Waals surface area contributed by atoms with Gasteiger partial charge in [0, 0.05) is 12.3 Å². The van der Waals surface area contributed by atoms with E-state index in [9.17, 15) is 0 Å². The predicted molar refractivity (Wildman–Crippen MR) is 85.5 cm³/mol. The zero-order chi connectivity index (χ0) is 15.7. The highest BCUT2D eigenvalue weighted by Gasteiger charge is 1.99.